The second kappa shape index (κ2) is 9.13. The summed E-state index contributed by atoms with van der Waals surface area (Å²) in [7, 11) is -4.53. The van der Waals surface area contributed by atoms with Crippen LogP contribution in [-0.2, 0) is 16.7 Å². The molecule has 186 valence electrons. The van der Waals surface area contributed by atoms with Crippen LogP contribution in [0.4, 0.5) is 18.9 Å². The van der Waals surface area contributed by atoms with Crippen LogP contribution in [0, 0.1) is 11.3 Å². The van der Waals surface area contributed by atoms with Crippen LogP contribution in [0.15, 0.2) is 30.5 Å². The molecule has 0 radical (unpaired) electrons. The molecular weight excluding hydrogens is 509 g/mol. The van der Waals surface area contributed by atoms with Crippen LogP contribution in [0.2, 0.25) is 5.02 Å². The fraction of sp³-hybridized carbons (Fsp3) is 0.364. The zero-order chi connectivity index (χ0) is 25.5. The SMILES string of the molecule is COc1ccc(Cn2cc3c(N4CCCC4C)c(Cl)c(OS(=O)(=O)C(F)(F)F)c(C#N)c3n2)cc1. The summed E-state index contributed by atoms with van der Waals surface area (Å²) in [6.45, 7) is 2.73. The summed E-state index contributed by atoms with van der Waals surface area (Å²) < 4.78 is 74.0. The van der Waals surface area contributed by atoms with Crippen molar-refractivity contribution in [2.45, 2.75) is 37.9 Å². The summed E-state index contributed by atoms with van der Waals surface area (Å²) in [4.78, 5) is 1.86. The third-order valence-electron chi connectivity index (χ3n) is 5.82. The molecule has 1 unspecified atom stereocenters. The highest BCUT2D eigenvalue weighted by molar-refractivity contribution is 7.88. The molecule has 8 nitrogen and oxygen atoms in total. The summed E-state index contributed by atoms with van der Waals surface area (Å²) in [5, 5.41) is 14.2. The van der Waals surface area contributed by atoms with Crippen LogP contribution >= 0.6 is 11.6 Å². The molecule has 0 bridgehead atoms. The van der Waals surface area contributed by atoms with E-state index in [9.17, 15) is 26.9 Å². The predicted molar refractivity (Wildman–Crippen MR) is 123 cm³/mol. The predicted octanol–water partition coefficient (Wildman–Crippen LogP) is 4.84. The van der Waals surface area contributed by atoms with Crippen LogP contribution in [0.5, 0.6) is 11.5 Å². The fourth-order valence-corrected chi connectivity index (χ4v) is 4.98. The molecular formula is C22H20ClF3N4O4S. The summed E-state index contributed by atoms with van der Waals surface area (Å²) in [5.74, 6) is -0.223. The molecule has 1 aromatic heterocycles. The number of aromatic nitrogens is 2. The smallest absolute Gasteiger partial charge is 0.497 e. The number of anilines is 1. The fourth-order valence-electron chi connectivity index (χ4n) is 4.11. The van der Waals surface area contributed by atoms with Gasteiger partial charge < -0.3 is 13.8 Å². The Morgan fingerprint density at radius 3 is 2.51 bits per heavy atom. The van der Waals surface area contributed by atoms with E-state index in [-0.39, 0.29) is 28.8 Å². The Balaban J connectivity index is 1.91. The number of benzene rings is 2. The normalized spacial score (nSPS) is 16.5. The van der Waals surface area contributed by atoms with Crippen LogP contribution < -0.4 is 13.8 Å². The molecule has 1 saturated heterocycles. The first-order chi connectivity index (χ1) is 16.5. The lowest BCUT2D eigenvalue weighted by atomic mass is 10.1. The number of alkyl halides is 3. The van der Waals surface area contributed by atoms with E-state index >= 15 is 0 Å². The van der Waals surface area contributed by atoms with Crippen molar-refractivity contribution in [1.82, 2.24) is 9.78 Å². The van der Waals surface area contributed by atoms with Gasteiger partial charge in [0, 0.05) is 24.2 Å². The Hall–Kier alpha value is -3.17. The van der Waals surface area contributed by atoms with E-state index in [1.54, 1.807) is 31.5 Å². The quantitative estimate of drug-likeness (QED) is 0.334. The second-order valence-corrected chi connectivity index (χ2v) is 10.00. The Kier molecular flexibility index (Phi) is 6.50. The van der Waals surface area contributed by atoms with E-state index in [0.717, 1.165) is 18.4 Å². The van der Waals surface area contributed by atoms with E-state index in [2.05, 4.69) is 9.28 Å². The number of nitrogens with zero attached hydrogens (tertiary/aromatic N) is 4. The third kappa shape index (κ3) is 4.58. The number of halogens is 4. The third-order valence-corrected chi connectivity index (χ3v) is 7.12. The number of nitriles is 1. The zero-order valence-corrected chi connectivity index (χ0v) is 20.2. The standard InChI is InChI=1S/C22H20ClF3N4O4S/c1-13-4-3-9-30(13)20-17-12-29(11-14-5-7-15(33-2)8-6-14)28-19(17)16(10-27)21(18(20)23)34-35(31,32)22(24,25)26/h5-8,12-13H,3-4,9,11H2,1-2H3. The van der Waals surface area contributed by atoms with Crippen LogP contribution in [0.25, 0.3) is 10.9 Å². The molecule has 1 aliphatic rings. The summed E-state index contributed by atoms with van der Waals surface area (Å²) in [5.41, 5.74) is -5.09. The minimum atomic E-state index is -6.08. The van der Waals surface area contributed by atoms with Gasteiger partial charge in [-0.3, -0.25) is 4.68 Å². The number of ether oxygens (including phenoxy) is 1. The maximum Gasteiger partial charge on any atom is 0.534 e. The van der Waals surface area contributed by atoms with Gasteiger partial charge in [0.15, 0.2) is 5.75 Å². The van der Waals surface area contributed by atoms with Crippen molar-refractivity contribution < 1.29 is 30.5 Å². The van der Waals surface area contributed by atoms with Gasteiger partial charge in [0.25, 0.3) is 0 Å². The second-order valence-electron chi connectivity index (χ2n) is 8.08. The number of hydrogen-bond acceptors (Lipinski definition) is 7. The van der Waals surface area contributed by atoms with Crippen molar-refractivity contribution in [3.8, 4) is 17.6 Å². The molecule has 0 aliphatic carbocycles. The molecule has 1 fully saturated rings. The zero-order valence-electron chi connectivity index (χ0n) is 18.6. The van der Waals surface area contributed by atoms with Crippen LogP contribution in [0.1, 0.15) is 30.9 Å². The van der Waals surface area contributed by atoms with E-state index in [0.29, 0.717) is 17.7 Å². The van der Waals surface area contributed by atoms with Crippen molar-refractivity contribution in [3.05, 3.63) is 46.6 Å². The molecule has 0 saturated carbocycles. The summed E-state index contributed by atoms with van der Waals surface area (Å²) in [6, 6.07) is 8.86. The van der Waals surface area contributed by atoms with Crippen molar-refractivity contribution >= 4 is 38.3 Å². The molecule has 0 amide bonds. The minimum Gasteiger partial charge on any atom is -0.497 e. The molecule has 2 aromatic carbocycles. The molecule has 13 heteroatoms. The van der Waals surface area contributed by atoms with Gasteiger partial charge in [0.1, 0.15) is 27.9 Å². The van der Waals surface area contributed by atoms with E-state index in [1.165, 1.54) is 4.68 Å². The number of rotatable bonds is 6. The van der Waals surface area contributed by atoms with Gasteiger partial charge in [0.05, 0.1) is 19.3 Å². The van der Waals surface area contributed by atoms with Gasteiger partial charge in [0.2, 0.25) is 0 Å². The molecule has 3 aromatic rings. The molecule has 35 heavy (non-hydrogen) atoms. The lowest BCUT2D eigenvalue weighted by Crippen LogP contribution is -2.29. The number of fused-ring (bicyclic) bond motifs is 1. The molecule has 1 aliphatic heterocycles. The topological polar surface area (TPSA) is 97.5 Å². The average Bonchev–Trinajstić information content (AvgIpc) is 3.40. The van der Waals surface area contributed by atoms with Crippen molar-refractivity contribution in [2.75, 3.05) is 18.6 Å². The lowest BCUT2D eigenvalue weighted by Gasteiger charge is -2.26. The first kappa shape index (κ1) is 24.9. The van der Waals surface area contributed by atoms with Crippen molar-refractivity contribution in [2.24, 2.45) is 0 Å². The van der Waals surface area contributed by atoms with Crippen LogP contribution in [0.3, 0.4) is 0 Å². The summed E-state index contributed by atoms with van der Waals surface area (Å²) in [6.07, 6.45) is 3.24. The van der Waals surface area contributed by atoms with E-state index in [1.807, 2.05) is 24.0 Å². The Morgan fingerprint density at radius 2 is 1.97 bits per heavy atom. The molecule has 0 spiro atoms. The Labute approximate surface area is 204 Å². The number of hydrogen-bond donors (Lipinski definition) is 0. The molecule has 4 rings (SSSR count). The van der Waals surface area contributed by atoms with Gasteiger partial charge in [-0.2, -0.15) is 31.9 Å². The largest absolute Gasteiger partial charge is 0.534 e. The number of methoxy groups -OCH3 is 1. The van der Waals surface area contributed by atoms with E-state index < -0.39 is 26.9 Å². The highest BCUT2D eigenvalue weighted by atomic mass is 35.5. The minimum absolute atomic E-state index is 0.00751. The highest BCUT2D eigenvalue weighted by Gasteiger charge is 2.49. The molecule has 0 N–H and O–H groups in total. The lowest BCUT2D eigenvalue weighted by molar-refractivity contribution is -0.0500. The first-order valence-electron chi connectivity index (χ1n) is 10.5. The van der Waals surface area contributed by atoms with E-state index in [4.69, 9.17) is 16.3 Å². The van der Waals surface area contributed by atoms with Gasteiger partial charge in [-0.25, -0.2) is 0 Å². The van der Waals surface area contributed by atoms with Gasteiger partial charge in [-0.15, -0.1) is 0 Å². The Bertz CT molecular complexity index is 1420. The molecule has 1 atom stereocenters. The maximum absolute atomic E-state index is 13.1. The monoisotopic (exact) mass is 528 g/mol. The average molecular weight is 529 g/mol. The highest BCUT2D eigenvalue weighted by Crippen LogP contribution is 2.47. The summed E-state index contributed by atoms with van der Waals surface area (Å²) >= 11 is 6.48. The first-order valence-corrected chi connectivity index (χ1v) is 12.3. The Morgan fingerprint density at radius 1 is 1.29 bits per heavy atom. The molecule has 2 heterocycles. The maximum atomic E-state index is 13.1. The van der Waals surface area contributed by atoms with Gasteiger partial charge in [-0.1, -0.05) is 23.7 Å². The van der Waals surface area contributed by atoms with Crippen molar-refractivity contribution in [3.63, 3.8) is 0 Å². The van der Waals surface area contributed by atoms with Crippen LogP contribution in [-0.4, -0.2) is 43.4 Å². The van der Waals surface area contributed by atoms with Gasteiger partial charge in [-0.05, 0) is 37.5 Å². The van der Waals surface area contributed by atoms with Crippen molar-refractivity contribution in [1.29, 1.82) is 5.26 Å². The van der Waals surface area contributed by atoms with Gasteiger partial charge >= 0.3 is 15.6 Å².